The number of nitrogens with one attached hydrogen (secondary N) is 1. The van der Waals surface area contributed by atoms with Crippen molar-refractivity contribution in [2.45, 2.75) is 25.3 Å². The van der Waals surface area contributed by atoms with E-state index >= 15 is 0 Å². The van der Waals surface area contributed by atoms with E-state index in [0.717, 1.165) is 0 Å². The van der Waals surface area contributed by atoms with E-state index in [2.05, 4.69) is 10.3 Å². The highest BCUT2D eigenvalue weighted by molar-refractivity contribution is 5.98. The van der Waals surface area contributed by atoms with Crippen LogP contribution in [0.3, 0.4) is 0 Å². The average Bonchev–Trinajstić information content (AvgIpc) is 2.45. The Hall–Kier alpha value is -2.64. The summed E-state index contributed by atoms with van der Waals surface area (Å²) in [5.74, 6) is -2.62. The summed E-state index contributed by atoms with van der Waals surface area (Å²) in [4.78, 5) is 37.3. The van der Waals surface area contributed by atoms with Gasteiger partial charge in [-0.3, -0.25) is 14.6 Å². The number of amides is 1. The maximum absolute atomic E-state index is 12.0. The van der Waals surface area contributed by atoms with Crippen LogP contribution in [0, 0.1) is 0 Å². The van der Waals surface area contributed by atoms with Crippen molar-refractivity contribution in [3.8, 4) is 5.75 Å². The van der Waals surface area contributed by atoms with Crippen molar-refractivity contribution in [2.24, 2.45) is 0 Å². The summed E-state index contributed by atoms with van der Waals surface area (Å²) >= 11 is 0. The van der Waals surface area contributed by atoms with Gasteiger partial charge in [-0.1, -0.05) is 0 Å². The molecule has 1 aromatic rings. The molecule has 0 aromatic carbocycles. The predicted octanol–water partition coefficient (Wildman–Crippen LogP) is 0.528. The van der Waals surface area contributed by atoms with Gasteiger partial charge < -0.3 is 20.3 Å². The summed E-state index contributed by atoms with van der Waals surface area (Å²) in [6, 6.07) is 0.249. The number of hydrogen-bond acceptors (Lipinski definition) is 5. The highest BCUT2D eigenvalue weighted by Crippen LogP contribution is 2.16. The molecule has 0 bridgehead atoms. The maximum Gasteiger partial charge on any atom is 0.326 e. The van der Waals surface area contributed by atoms with E-state index < -0.39 is 23.9 Å². The van der Waals surface area contributed by atoms with Crippen LogP contribution in [-0.4, -0.2) is 46.2 Å². The van der Waals surface area contributed by atoms with Crippen LogP contribution in [0.1, 0.15) is 29.6 Å². The van der Waals surface area contributed by atoms with Gasteiger partial charge in [0.15, 0.2) is 0 Å². The summed E-state index contributed by atoms with van der Waals surface area (Å²) in [6.45, 7) is 0. The van der Waals surface area contributed by atoms with E-state index in [4.69, 9.17) is 14.9 Å². The lowest BCUT2D eigenvalue weighted by atomic mass is 10.1. The lowest BCUT2D eigenvalue weighted by Gasteiger charge is -2.15. The zero-order valence-electron chi connectivity index (χ0n) is 11.4. The fraction of sp³-hybridized carbons (Fsp3) is 0.385. The minimum atomic E-state index is -1.22. The third-order valence-corrected chi connectivity index (χ3v) is 2.74. The summed E-state index contributed by atoms with van der Waals surface area (Å²) in [6.07, 6.45) is 2.76. The van der Waals surface area contributed by atoms with Crippen molar-refractivity contribution >= 4 is 17.8 Å². The van der Waals surface area contributed by atoms with Gasteiger partial charge in [-0.25, -0.2) is 4.79 Å². The summed E-state index contributed by atoms with van der Waals surface area (Å²) in [5, 5.41) is 19.9. The van der Waals surface area contributed by atoms with Crippen molar-refractivity contribution in [1.29, 1.82) is 0 Å². The van der Waals surface area contributed by atoms with Crippen molar-refractivity contribution in [3.63, 3.8) is 0 Å². The molecule has 1 amide bonds. The quantitative estimate of drug-likeness (QED) is 0.638. The Bertz CT molecular complexity index is 531. The van der Waals surface area contributed by atoms with E-state index in [-0.39, 0.29) is 30.6 Å². The molecule has 0 spiro atoms. The van der Waals surface area contributed by atoms with Gasteiger partial charge in [-0.2, -0.15) is 0 Å². The molecule has 0 aliphatic carbocycles. The Kier molecular flexibility index (Phi) is 6.12. The Morgan fingerprint density at radius 3 is 2.67 bits per heavy atom. The Balaban J connectivity index is 2.72. The highest BCUT2D eigenvalue weighted by atomic mass is 16.5. The van der Waals surface area contributed by atoms with Gasteiger partial charge in [-0.15, -0.1) is 0 Å². The van der Waals surface area contributed by atoms with Gasteiger partial charge in [0.25, 0.3) is 5.91 Å². The molecule has 21 heavy (non-hydrogen) atoms. The number of methoxy groups -OCH3 is 1. The second-order valence-electron chi connectivity index (χ2n) is 4.23. The number of carboxylic acid groups (broad SMARTS) is 2. The number of aliphatic carboxylic acids is 2. The molecule has 8 heteroatoms. The van der Waals surface area contributed by atoms with Gasteiger partial charge in [0.05, 0.1) is 18.9 Å². The summed E-state index contributed by atoms with van der Waals surface area (Å²) in [7, 11) is 1.37. The second kappa shape index (κ2) is 7.83. The first-order valence-corrected chi connectivity index (χ1v) is 6.19. The van der Waals surface area contributed by atoms with Crippen LogP contribution in [0.2, 0.25) is 0 Å². The Labute approximate surface area is 120 Å². The van der Waals surface area contributed by atoms with E-state index in [1.54, 1.807) is 0 Å². The van der Waals surface area contributed by atoms with Crippen molar-refractivity contribution in [1.82, 2.24) is 10.3 Å². The highest BCUT2D eigenvalue weighted by Gasteiger charge is 2.22. The summed E-state index contributed by atoms with van der Waals surface area (Å²) in [5.41, 5.74) is 0.164. The molecule has 8 nitrogen and oxygen atoms in total. The lowest BCUT2D eigenvalue weighted by Crippen LogP contribution is -2.41. The number of carboxylic acids is 2. The fourth-order valence-corrected chi connectivity index (χ4v) is 1.68. The molecule has 0 saturated heterocycles. The van der Waals surface area contributed by atoms with Gasteiger partial charge in [0.2, 0.25) is 0 Å². The van der Waals surface area contributed by atoms with Crippen LogP contribution in [0.4, 0.5) is 0 Å². The second-order valence-corrected chi connectivity index (χ2v) is 4.23. The van der Waals surface area contributed by atoms with Crippen molar-refractivity contribution in [3.05, 3.63) is 24.0 Å². The third kappa shape index (κ3) is 5.09. The molecule has 114 valence electrons. The molecule has 0 aliphatic rings. The lowest BCUT2D eigenvalue weighted by molar-refractivity contribution is -0.140. The minimum absolute atomic E-state index is 0.0285. The SMILES string of the molecule is COc1cnccc1C(=O)N[C@H](CCCC(=O)O)C(=O)O. The smallest absolute Gasteiger partial charge is 0.326 e. The molecule has 0 aliphatic heterocycles. The molecule has 0 unspecified atom stereocenters. The van der Waals surface area contributed by atoms with Crippen LogP contribution in [-0.2, 0) is 9.59 Å². The average molecular weight is 296 g/mol. The maximum atomic E-state index is 12.0. The number of carbonyl (C=O) groups excluding carboxylic acids is 1. The molecule has 1 heterocycles. The molecule has 1 aromatic heterocycles. The number of pyridine rings is 1. The molecule has 0 radical (unpaired) electrons. The van der Waals surface area contributed by atoms with Gasteiger partial charge in [0.1, 0.15) is 11.8 Å². The number of carbonyl (C=O) groups is 3. The van der Waals surface area contributed by atoms with Crippen molar-refractivity contribution in [2.75, 3.05) is 7.11 Å². The first kappa shape index (κ1) is 16.4. The zero-order valence-corrected chi connectivity index (χ0v) is 11.4. The molecule has 3 N–H and O–H groups in total. The molecule has 0 fully saturated rings. The van der Waals surface area contributed by atoms with Crippen molar-refractivity contribution < 1.29 is 29.3 Å². The fourth-order valence-electron chi connectivity index (χ4n) is 1.68. The Morgan fingerprint density at radius 1 is 1.38 bits per heavy atom. The van der Waals surface area contributed by atoms with Crippen LogP contribution in [0.25, 0.3) is 0 Å². The minimum Gasteiger partial charge on any atom is -0.494 e. The van der Waals surface area contributed by atoms with E-state index in [1.165, 1.54) is 25.6 Å². The van der Waals surface area contributed by atoms with Crippen LogP contribution < -0.4 is 10.1 Å². The molecule has 0 saturated carbocycles. The monoisotopic (exact) mass is 296 g/mol. The van der Waals surface area contributed by atoms with Gasteiger partial charge in [0, 0.05) is 12.6 Å². The number of ether oxygens (including phenoxy) is 1. The zero-order chi connectivity index (χ0) is 15.8. The predicted molar refractivity (Wildman–Crippen MR) is 71.2 cm³/mol. The first-order chi connectivity index (χ1) is 9.95. The molecular formula is C13H16N2O6. The van der Waals surface area contributed by atoms with Crippen LogP contribution >= 0.6 is 0 Å². The number of nitrogens with zero attached hydrogens (tertiary/aromatic N) is 1. The molecule has 1 atom stereocenters. The van der Waals surface area contributed by atoms with E-state index in [0.29, 0.717) is 0 Å². The number of aromatic nitrogens is 1. The normalized spacial score (nSPS) is 11.5. The van der Waals surface area contributed by atoms with Gasteiger partial charge >= 0.3 is 11.9 Å². The standard InChI is InChI=1S/C13H16N2O6/c1-21-10-7-14-6-5-8(10)12(18)15-9(13(19)20)3-2-4-11(16)17/h5-7,9H,2-4H2,1H3,(H,15,18)(H,16,17)(H,19,20)/t9-/m1/s1. The molecular weight excluding hydrogens is 280 g/mol. The van der Waals surface area contributed by atoms with Crippen LogP contribution in [0.5, 0.6) is 5.75 Å². The number of hydrogen-bond donors (Lipinski definition) is 3. The third-order valence-electron chi connectivity index (χ3n) is 2.74. The topological polar surface area (TPSA) is 126 Å². The largest absolute Gasteiger partial charge is 0.494 e. The van der Waals surface area contributed by atoms with Gasteiger partial charge in [-0.05, 0) is 18.9 Å². The van der Waals surface area contributed by atoms with Crippen LogP contribution in [0.15, 0.2) is 18.5 Å². The molecule has 1 rings (SSSR count). The Morgan fingerprint density at radius 2 is 2.10 bits per heavy atom. The first-order valence-electron chi connectivity index (χ1n) is 6.19. The van der Waals surface area contributed by atoms with E-state index in [1.807, 2.05) is 0 Å². The number of rotatable bonds is 8. The summed E-state index contributed by atoms with van der Waals surface area (Å²) < 4.78 is 4.97. The van der Waals surface area contributed by atoms with E-state index in [9.17, 15) is 14.4 Å².